The lowest BCUT2D eigenvalue weighted by molar-refractivity contribution is 0.275. The number of anilines is 1. The third-order valence-electron chi connectivity index (χ3n) is 6.08. The first-order valence-electron chi connectivity index (χ1n) is 11.8. The maximum absolute atomic E-state index is 6.58. The van der Waals surface area contributed by atoms with Crippen LogP contribution in [0.1, 0.15) is 37.1 Å². The fraction of sp³-hybridized carbons (Fsp3) is 0.296. The van der Waals surface area contributed by atoms with Gasteiger partial charge in [-0.05, 0) is 49.3 Å². The van der Waals surface area contributed by atoms with E-state index in [1.54, 1.807) is 0 Å². The Morgan fingerprint density at radius 3 is 1.79 bits per heavy atom. The Labute approximate surface area is 210 Å². The van der Waals surface area contributed by atoms with E-state index in [4.69, 9.17) is 16.7 Å². The van der Waals surface area contributed by atoms with Crippen molar-refractivity contribution in [1.29, 1.82) is 0 Å². The summed E-state index contributed by atoms with van der Waals surface area (Å²) in [5.41, 5.74) is 3.62. The molecule has 0 unspecified atom stereocenters. The van der Waals surface area contributed by atoms with Gasteiger partial charge in [0.2, 0.25) is 0 Å². The molecule has 1 aliphatic rings. The summed E-state index contributed by atoms with van der Waals surface area (Å²) < 4.78 is 11.6. The van der Waals surface area contributed by atoms with E-state index in [1.165, 1.54) is 11.1 Å². The standard InChI is InChI=1S/C27H33N4OPS/c1-22(24-12-6-3-7-13-24)30-19-20-31(23(2)25-14-8-4-9-15-25)33(30)32-21-18-28-27(34)29-26-16-10-5-11-17-26/h3-17,22-23H,18-21H2,1-2H3,(H2,28,29,34)/t22-,23-/m0/s1. The van der Waals surface area contributed by atoms with Gasteiger partial charge in [0.05, 0.1) is 6.61 Å². The lowest BCUT2D eigenvalue weighted by Gasteiger charge is -2.35. The monoisotopic (exact) mass is 492 g/mol. The number of nitrogens with one attached hydrogen (secondary N) is 2. The molecule has 34 heavy (non-hydrogen) atoms. The summed E-state index contributed by atoms with van der Waals surface area (Å²) in [7, 11) is -0.914. The Bertz CT molecular complexity index is 971. The fourth-order valence-electron chi connectivity index (χ4n) is 4.15. The average molecular weight is 493 g/mol. The van der Waals surface area contributed by atoms with E-state index < -0.39 is 8.45 Å². The number of benzene rings is 3. The summed E-state index contributed by atoms with van der Waals surface area (Å²) in [5, 5.41) is 7.10. The first-order valence-corrected chi connectivity index (χ1v) is 13.4. The molecule has 0 bridgehead atoms. The zero-order valence-corrected chi connectivity index (χ0v) is 21.5. The van der Waals surface area contributed by atoms with Gasteiger partial charge < -0.3 is 15.2 Å². The Kier molecular flexibility index (Phi) is 9.03. The van der Waals surface area contributed by atoms with Crippen LogP contribution >= 0.6 is 20.7 Å². The van der Waals surface area contributed by atoms with E-state index in [9.17, 15) is 0 Å². The lowest BCUT2D eigenvalue weighted by Crippen LogP contribution is -2.32. The maximum Gasteiger partial charge on any atom is 0.189 e. The minimum atomic E-state index is -0.914. The maximum atomic E-state index is 6.58. The third-order valence-corrected chi connectivity index (χ3v) is 8.71. The van der Waals surface area contributed by atoms with Crippen molar-refractivity contribution in [3.63, 3.8) is 0 Å². The van der Waals surface area contributed by atoms with Crippen molar-refractivity contribution in [2.45, 2.75) is 25.9 Å². The van der Waals surface area contributed by atoms with Crippen LogP contribution in [0.25, 0.3) is 0 Å². The zero-order valence-electron chi connectivity index (χ0n) is 19.8. The van der Waals surface area contributed by atoms with Crippen molar-refractivity contribution in [3.05, 3.63) is 102 Å². The summed E-state index contributed by atoms with van der Waals surface area (Å²) >= 11 is 5.45. The predicted molar refractivity (Wildman–Crippen MR) is 147 cm³/mol. The molecule has 1 fully saturated rings. The molecule has 178 valence electrons. The first-order chi connectivity index (χ1) is 16.6. The number of hydrogen-bond acceptors (Lipinski definition) is 4. The Morgan fingerprint density at radius 2 is 1.29 bits per heavy atom. The largest absolute Gasteiger partial charge is 0.360 e. The average Bonchev–Trinajstić information content (AvgIpc) is 3.31. The normalized spacial score (nSPS) is 16.8. The van der Waals surface area contributed by atoms with Crippen LogP contribution in [-0.2, 0) is 4.52 Å². The Hall–Kier alpha value is -2.34. The molecule has 3 aromatic carbocycles. The van der Waals surface area contributed by atoms with Crippen molar-refractivity contribution in [2.75, 3.05) is 31.6 Å². The number of para-hydroxylation sites is 1. The van der Waals surface area contributed by atoms with E-state index in [1.807, 2.05) is 30.3 Å². The molecule has 4 rings (SSSR count). The molecule has 1 heterocycles. The van der Waals surface area contributed by atoms with E-state index in [0.29, 0.717) is 18.3 Å². The van der Waals surface area contributed by atoms with Gasteiger partial charge in [-0.1, -0.05) is 78.9 Å². The predicted octanol–water partition coefficient (Wildman–Crippen LogP) is 6.36. The van der Waals surface area contributed by atoms with E-state index in [0.717, 1.165) is 18.8 Å². The summed E-state index contributed by atoms with van der Waals surface area (Å²) in [4.78, 5) is 0. The lowest BCUT2D eigenvalue weighted by atomic mass is 10.1. The van der Waals surface area contributed by atoms with Crippen LogP contribution in [0.4, 0.5) is 5.69 Å². The number of rotatable bonds is 9. The van der Waals surface area contributed by atoms with Gasteiger partial charge in [0.15, 0.2) is 13.6 Å². The van der Waals surface area contributed by atoms with Gasteiger partial charge in [-0.15, -0.1) is 0 Å². The van der Waals surface area contributed by atoms with Crippen molar-refractivity contribution < 1.29 is 4.52 Å². The smallest absolute Gasteiger partial charge is 0.189 e. The van der Waals surface area contributed by atoms with Gasteiger partial charge in [0.1, 0.15) is 0 Å². The summed E-state index contributed by atoms with van der Waals surface area (Å²) in [6.07, 6.45) is 0. The van der Waals surface area contributed by atoms with Gasteiger partial charge >= 0.3 is 0 Å². The number of nitrogens with zero attached hydrogens (tertiary/aromatic N) is 2. The van der Waals surface area contributed by atoms with Crippen molar-refractivity contribution in [3.8, 4) is 0 Å². The van der Waals surface area contributed by atoms with E-state index in [2.05, 4.69) is 94.5 Å². The highest BCUT2D eigenvalue weighted by atomic mass is 32.1. The Balaban J connectivity index is 1.40. The van der Waals surface area contributed by atoms with Crippen LogP contribution in [0.5, 0.6) is 0 Å². The molecule has 5 nitrogen and oxygen atoms in total. The van der Waals surface area contributed by atoms with Crippen LogP contribution in [-0.4, -0.2) is 40.7 Å². The van der Waals surface area contributed by atoms with Crippen molar-refractivity contribution in [2.24, 2.45) is 0 Å². The molecule has 1 saturated heterocycles. The SMILES string of the molecule is C[C@@H](c1ccccc1)N1CCN([C@@H](C)c2ccccc2)P1OCCNC(=S)Nc1ccccc1. The molecule has 0 saturated carbocycles. The second-order valence-corrected chi connectivity index (χ2v) is 10.5. The summed E-state index contributed by atoms with van der Waals surface area (Å²) in [5.74, 6) is 0. The van der Waals surface area contributed by atoms with Crippen LogP contribution in [0, 0.1) is 0 Å². The van der Waals surface area contributed by atoms with Gasteiger partial charge in [0.25, 0.3) is 0 Å². The Morgan fingerprint density at radius 1 is 0.824 bits per heavy atom. The zero-order chi connectivity index (χ0) is 23.8. The molecule has 7 heteroatoms. The molecule has 1 aliphatic heterocycles. The van der Waals surface area contributed by atoms with E-state index >= 15 is 0 Å². The molecule has 0 aromatic heterocycles. The number of hydrogen-bond donors (Lipinski definition) is 2. The quantitative estimate of drug-likeness (QED) is 0.206. The highest BCUT2D eigenvalue weighted by Gasteiger charge is 2.39. The molecule has 0 spiro atoms. The molecule has 0 aliphatic carbocycles. The van der Waals surface area contributed by atoms with Crippen LogP contribution in [0.2, 0.25) is 0 Å². The molecule has 0 amide bonds. The van der Waals surface area contributed by atoms with Gasteiger partial charge in [-0.3, -0.25) is 0 Å². The minimum Gasteiger partial charge on any atom is -0.360 e. The second-order valence-electron chi connectivity index (χ2n) is 8.33. The van der Waals surface area contributed by atoms with Crippen molar-refractivity contribution in [1.82, 2.24) is 14.7 Å². The summed E-state index contributed by atoms with van der Waals surface area (Å²) in [6, 6.07) is 31.9. The van der Waals surface area contributed by atoms with Crippen molar-refractivity contribution >= 4 is 31.5 Å². The fourth-order valence-corrected chi connectivity index (χ4v) is 6.60. The minimum absolute atomic E-state index is 0.286. The second kappa shape index (κ2) is 12.4. The molecule has 3 aromatic rings. The van der Waals surface area contributed by atoms with Gasteiger partial charge in [-0.2, -0.15) is 0 Å². The third kappa shape index (κ3) is 6.41. The molecule has 2 N–H and O–H groups in total. The molecule has 2 atom stereocenters. The van der Waals surface area contributed by atoms with Crippen LogP contribution in [0.15, 0.2) is 91.0 Å². The van der Waals surface area contributed by atoms with Gasteiger partial charge in [0, 0.05) is 37.4 Å². The van der Waals surface area contributed by atoms with Gasteiger partial charge in [-0.25, -0.2) is 9.34 Å². The number of thiocarbonyl (C=S) groups is 1. The van der Waals surface area contributed by atoms with Crippen LogP contribution < -0.4 is 10.6 Å². The highest BCUT2D eigenvalue weighted by Crippen LogP contribution is 2.56. The van der Waals surface area contributed by atoms with Crippen LogP contribution in [0.3, 0.4) is 0 Å². The molecule has 0 radical (unpaired) electrons. The highest BCUT2D eigenvalue weighted by molar-refractivity contribution is 7.80. The first kappa shape index (κ1) is 24.8. The van der Waals surface area contributed by atoms with E-state index in [-0.39, 0.29) is 12.1 Å². The molecular formula is C27H33N4OPS. The molecular weight excluding hydrogens is 459 g/mol. The topological polar surface area (TPSA) is 39.8 Å². The summed E-state index contributed by atoms with van der Waals surface area (Å²) in [6.45, 7) is 7.77.